The molecule has 0 aliphatic rings. The van der Waals surface area contributed by atoms with Crippen LogP contribution in [0.4, 0.5) is 4.39 Å². The number of rotatable bonds is 5. The van der Waals surface area contributed by atoms with Crippen LogP contribution in [0.5, 0.6) is 0 Å². The summed E-state index contributed by atoms with van der Waals surface area (Å²) in [6, 6.07) is 2.79. The third-order valence-corrected chi connectivity index (χ3v) is 3.60. The Hall–Kier alpha value is -1.33. The highest BCUT2D eigenvalue weighted by atomic mass is 35.5. The summed E-state index contributed by atoms with van der Waals surface area (Å²) in [7, 11) is 0. The van der Waals surface area contributed by atoms with Crippen molar-refractivity contribution >= 4 is 40.1 Å². The summed E-state index contributed by atoms with van der Waals surface area (Å²) in [5, 5.41) is 2.39. The van der Waals surface area contributed by atoms with Gasteiger partial charge in [0.2, 0.25) is 5.91 Å². The summed E-state index contributed by atoms with van der Waals surface area (Å²) in [6.07, 6.45) is 0.278. The molecule has 0 aliphatic carbocycles. The van der Waals surface area contributed by atoms with E-state index in [1.54, 1.807) is 11.5 Å². The molecule has 0 spiro atoms. The summed E-state index contributed by atoms with van der Waals surface area (Å²) in [5.41, 5.74) is 1.16. The van der Waals surface area contributed by atoms with Crippen molar-refractivity contribution in [3.63, 3.8) is 0 Å². The molecule has 1 aromatic carbocycles. The maximum atomic E-state index is 13.7. The largest absolute Gasteiger partial charge is 0.356 e. The first-order valence-electron chi connectivity index (χ1n) is 6.70. The predicted octanol–water partition coefficient (Wildman–Crippen LogP) is 3.65. The van der Waals surface area contributed by atoms with E-state index in [-0.39, 0.29) is 22.7 Å². The van der Waals surface area contributed by atoms with E-state index in [0.717, 1.165) is 0 Å². The Morgan fingerprint density at radius 3 is 2.86 bits per heavy atom. The number of fused-ring (bicyclic) bond motifs is 1. The molecular weight excluding hydrogens is 316 g/mol. The van der Waals surface area contributed by atoms with Gasteiger partial charge in [0.25, 0.3) is 0 Å². The number of nitrogens with one attached hydrogen (secondary N) is 1. The Labute approximate surface area is 132 Å². The zero-order valence-corrected chi connectivity index (χ0v) is 13.3. The normalized spacial score (nSPS) is 12.6. The van der Waals surface area contributed by atoms with Crippen LogP contribution in [-0.2, 0) is 11.3 Å². The molecule has 1 atom stereocenters. The lowest BCUT2D eigenvalue weighted by Crippen LogP contribution is -2.24. The molecular formula is C14H16Cl2FN3O. The second-order valence-corrected chi connectivity index (χ2v) is 5.76. The highest BCUT2D eigenvalue weighted by Gasteiger charge is 2.17. The van der Waals surface area contributed by atoms with Gasteiger partial charge in [-0.3, -0.25) is 4.79 Å². The number of aromatic nitrogens is 2. The van der Waals surface area contributed by atoms with Crippen molar-refractivity contribution in [3.8, 4) is 0 Å². The minimum Gasteiger partial charge on any atom is -0.356 e. The number of benzene rings is 1. The number of alkyl halides is 1. The van der Waals surface area contributed by atoms with Crippen LogP contribution < -0.4 is 5.32 Å². The van der Waals surface area contributed by atoms with Crippen molar-refractivity contribution in [1.82, 2.24) is 14.9 Å². The van der Waals surface area contributed by atoms with Crippen molar-refractivity contribution < 1.29 is 9.18 Å². The van der Waals surface area contributed by atoms with Crippen LogP contribution in [0.25, 0.3) is 11.0 Å². The highest BCUT2D eigenvalue weighted by molar-refractivity contribution is 6.31. The first-order chi connectivity index (χ1) is 9.93. The molecule has 0 aliphatic heterocycles. The zero-order valence-electron chi connectivity index (χ0n) is 11.8. The first kappa shape index (κ1) is 16.0. The summed E-state index contributed by atoms with van der Waals surface area (Å²) in [6.45, 7) is 4.60. The molecule has 1 N–H and O–H groups in total. The van der Waals surface area contributed by atoms with Gasteiger partial charge in [-0.1, -0.05) is 11.6 Å². The standard InChI is InChI=1S/C14H16Cl2FN3O/c1-3-18-13(21)4-5-20-12-7-10(17)9(16)6-11(12)19-14(20)8(2)15/h6-8H,3-5H2,1-2H3,(H,18,21). The third kappa shape index (κ3) is 3.47. The van der Waals surface area contributed by atoms with Crippen molar-refractivity contribution in [2.24, 2.45) is 0 Å². The molecule has 1 heterocycles. The number of hydrogen-bond acceptors (Lipinski definition) is 2. The minimum absolute atomic E-state index is 0.0182. The van der Waals surface area contributed by atoms with E-state index in [0.29, 0.717) is 29.9 Å². The molecule has 0 fully saturated rings. The molecule has 0 radical (unpaired) electrons. The second-order valence-electron chi connectivity index (χ2n) is 4.70. The van der Waals surface area contributed by atoms with Crippen LogP contribution in [0.3, 0.4) is 0 Å². The highest BCUT2D eigenvalue weighted by Crippen LogP contribution is 2.28. The molecule has 1 amide bonds. The Bertz CT molecular complexity index is 670. The van der Waals surface area contributed by atoms with Crippen molar-refractivity contribution in [2.75, 3.05) is 6.54 Å². The number of carbonyl (C=O) groups excluding carboxylic acids is 1. The fraction of sp³-hybridized carbons (Fsp3) is 0.429. The van der Waals surface area contributed by atoms with E-state index in [4.69, 9.17) is 23.2 Å². The first-order valence-corrected chi connectivity index (χ1v) is 7.51. The SMILES string of the molecule is CCNC(=O)CCn1c(C(C)Cl)nc2cc(Cl)c(F)cc21. The summed E-state index contributed by atoms with van der Waals surface area (Å²) < 4.78 is 15.4. The number of aryl methyl sites for hydroxylation is 1. The molecule has 4 nitrogen and oxygen atoms in total. The van der Waals surface area contributed by atoms with Gasteiger partial charge in [0, 0.05) is 25.6 Å². The molecule has 0 saturated heterocycles. The van der Waals surface area contributed by atoms with Crippen LogP contribution in [0.1, 0.15) is 31.5 Å². The van der Waals surface area contributed by atoms with Gasteiger partial charge in [-0.2, -0.15) is 0 Å². The molecule has 1 unspecified atom stereocenters. The van der Waals surface area contributed by atoms with Crippen LogP contribution in [0.15, 0.2) is 12.1 Å². The van der Waals surface area contributed by atoms with Crippen molar-refractivity contribution in [2.45, 2.75) is 32.2 Å². The van der Waals surface area contributed by atoms with Crippen LogP contribution in [0.2, 0.25) is 5.02 Å². The van der Waals surface area contributed by atoms with Gasteiger partial charge >= 0.3 is 0 Å². The van der Waals surface area contributed by atoms with E-state index in [1.165, 1.54) is 12.1 Å². The van der Waals surface area contributed by atoms with Gasteiger partial charge in [0.05, 0.1) is 21.4 Å². The summed E-state index contributed by atoms with van der Waals surface area (Å²) in [5.74, 6) is 0.0108. The van der Waals surface area contributed by atoms with Gasteiger partial charge < -0.3 is 9.88 Å². The molecule has 0 bridgehead atoms. The van der Waals surface area contributed by atoms with Crippen LogP contribution >= 0.6 is 23.2 Å². The lowest BCUT2D eigenvalue weighted by molar-refractivity contribution is -0.121. The molecule has 7 heteroatoms. The van der Waals surface area contributed by atoms with E-state index in [1.807, 2.05) is 6.92 Å². The summed E-state index contributed by atoms with van der Waals surface area (Å²) >= 11 is 11.9. The van der Waals surface area contributed by atoms with E-state index in [2.05, 4.69) is 10.3 Å². The maximum absolute atomic E-state index is 13.7. The van der Waals surface area contributed by atoms with E-state index in [9.17, 15) is 9.18 Å². The van der Waals surface area contributed by atoms with Crippen LogP contribution in [0, 0.1) is 5.82 Å². The van der Waals surface area contributed by atoms with Gasteiger partial charge in [0.1, 0.15) is 11.6 Å². The number of imidazole rings is 1. The van der Waals surface area contributed by atoms with E-state index < -0.39 is 5.82 Å². The van der Waals surface area contributed by atoms with Gasteiger partial charge in [-0.15, -0.1) is 11.6 Å². The number of halogens is 3. The number of amides is 1. The Morgan fingerprint density at radius 2 is 2.24 bits per heavy atom. The molecule has 2 rings (SSSR count). The van der Waals surface area contributed by atoms with Crippen molar-refractivity contribution in [1.29, 1.82) is 0 Å². The lowest BCUT2D eigenvalue weighted by Gasteiger charge is -2.10. The fourth-order valence-corrected chi connectivity index (χ4v) is 2.50. The fourth-order valence-electron chi connectivity index (χ4n) is 2.18. The van der Waals surface area contributed by atoms with E-state index >= 15 is 0 Å². The Kier molecular flexibility index (Phi) is 5.06. The smallest absolute Gasteiger partial charge is 0.221 e. The zero-order chi connectivity index (χ0) is 15.6. The topological polar surface area (TPSA) is 46.9 Å². The maximum Gasteiger partial charge on any atom is 0.221 e. The van der Waals surface area contributed by atoms with Crippen molar-refractivity contribution in [3.05, 3.63) is 28.8 Å². The van der Waals surface area contributed by atoms with Gasteiger partial charge in [0.15, 0.2) is 0 Å². The molecule has 114 valence electrons. The number of hydrogen-bond donors (Lipinski definition) is 1. The monoisotopic (exact) mass is 331 g/mol. The predicted molar refractivity (Wildman–Crippen MR) is 82.3 cm³/mol. The van der Waals surface area contributed by atoms with Gasteiger partial charge in [-0.05, 0) is 19.9 Å². The molecule has 0 saturated carbocycles. The average Bonchev–Trinajstić information content (AvgIpc) is 2.75. The quantitative estimate of drug-likeness (QED) is 0.850. The molecule has 2 aromatic rings. The third-order valence-electron chi connectivity index (χ3n) is 3.11. The minimum atomic E-state index is -0.517. The number of carbonyl (C=O) groups is 1. The number of nitrogens with zero attached hydrogens (tertiary/aromatic N) is 2. The Morgan fingerprint density at radius 1 is 1.52 bits per heavy atom. The average molecular weight is 332 g/mol. The molecule has 21 heavy (non-hydrogen) atoms. The summed E-state index contributed by atoms with van der Waals surface area (Å²) in [4.78, 5) is 16.0. The molecule has 1 aromatic heterocycles. The Balaban J connectivity index is 2.41. The lowest BCUT2D eigenvalue weighted by atomic mass is 10.3. The van der Waals surface area contributed by atoms with Crippen LogP contribution in [-0.4, -0.2) is 22.0 Å². The van der Waals surface area contributed by atoms with Gasteiger partial charge in [-0.25, -0.2) is 9.37 Å². The second kappa shape index (κ2) is 6.62.